The molecule has 1 fully saturated rings. The van der Waals surface area contributed by atoms with Crippen LogP contribution in [0.2, 0.25) is 0 Å². The standard InChI is InChI=1S/C11H22N2O3/c1-11(2,3)16-10(14)13-6-7-15-9(8-13)4-5-12/h9H,4-8,12H2,1-3H3/t9-/m0/s1. The van der Waals surface area contributed by atoms with E-state index in [1.165, 1.54) is 0 Å². The molecule has 1 rings (SSSR count). The van der Waals surface area contributed by atoms with Crippen molar-refractivity contribution in [3.05, 3.63) is 0 Å². The molecule has 0 saturated carbocycles. The molecule has 0 aliphatic carbocycles. The van der Waals surface area contributed by atoms with Crippen LogP contribution in [0.1, 0.15) is 27.2 Å². The Morgan fingerprint density at radius 2 is 2.25 bits per heavy atom. The highest BCUT2D eigenvalue weighted by Gasteiger charge is 2.27. The first kappa shape index (κ1) is 13.3. The minimum Gasteiger partial charge on any atom is -0.444 e. The zero-order valence-electron chi connectivity index (χ0n) is 10.4. The van der Waals surface area contributed by atoms with E-state index in [2.05, 4.69) is 0 Å². The van der Waals surface area contributed by atoms with Crippen molar-refractivity contribution < 1.29 is 14.3 Å². The third kappa shape index (κ3) is 4.37. The van der Waals surface area contributed by atoms with Crippen LogP contribution in [0.4, 0.5) is 4.79 Å². The molecule has 5 nitrogen and oxygen atoms in total. The highest BCUT2D eigenvalue weighted by molar-refractivity contribution is 5.68. The van der Waals surface area contributed by atoms with Crippen LogP contribution in [0, 0.1) is 0 Å². The monoisotopic (exact) mass is 230 g/mol. The van der Waals surface area contributed by atoms with Gasteiger partial charge in [0.1, 0.15) is 5.60 Å². The van der Waals surface area contributed by atoms with Crippen LogP contribution < -0.4 is 5.73 Å². The van der Waals surface area contributed by atoms with Gasteiger partial charge in [0.05, 0.1) is 19.3 Å². The number of rotatable bonds is 2. The minimum absolute atomic E-state index is 0.0475. The Morgan fingerprint density at radius 3 is 2.81 bits per heavy atom. The molecule has 1 aliphatic rings. The molecule has 1 atom stereocenters. The first-order valence-electron chi connectivity index (χ1n) is 5.72. The zero-order chi connectivity index (χ0) is 12.2. The van der Waals surface area contributed by atoms with E-state index in [-0.39, 0.29) is 12.2 Å². The number of hydrogen-bond acceptors (Lipinski definition) is 4. The van der Waals surface area contributed by atoms with E-state index in [4.69, 9.17) is 15.2 Å². The predicted molar refractivity (Wildman–Crippen MR) is 61.2 cm³/mol. The highest BCUT2D eigenvalue weighted by atomic mass is 16.6. The first-order valence-corrected chi connectivity index (χ1v) is 5.72. The van der Waals surface area contributed by atoms with E-state index in [1.54, 1.807) is 4.90 Å². The summed E-state index contributed by atoms with van der Waals surface area (Å²) in [6.45, 7) is 7.90. The van der Waals surface area contributed by atoms with Gasteiger partial charge in [-0.1, -0.05) is 0 Å². The second-order valence-corrected chi connectivity index (χ2v) is 5.00. The van der Waals surface area contributed by atoms with Gasteiger partial charge in [-0.2, -0.15) is 0 Å². The molecule has 1 heterocycles. The van der Waals surface area contributed by atoms with Gasteiger partial charge in [0.25, 0.3) is 0 Å². The Balaban J connectivity index is 2.44. The lowest BCUT2D eigenvalue weighted by molar-refractivity contribution is -0.0436. The summed E-state index contributed by atoms with van der Waals surface area (Å²) in [5, 5.41) is 0. The van der Waals surface area contributed by atoms with Crippen molar-refractivity contribution in [3.8, 4) is 0 Å². The average Bonchev–Trinajstić information content (AvgIpc) is 2.16. The van der Waals surface area contributed by atoms with E-state index in [0.717, 1.165) is 6.42 Å². The number of hydrogen-bond donors (Lipinski definition) is 1. The Bertz CT molecular complexity index is 236. The molecule has 0 aromatic heterocycles. The fraction of sp³-hybridized carbons (Fsp3) is 0.909. The molecule has 1 amide bonds. The van der Waals surface area contributed by atoms with E-state index in [1.807, 2.05) is 20.8 Å². The van der Waals surface area contributed by atoms with Crippen LogP contribution in [0.25, 0.3) is 0 Å². The van der Waals surface area contributed by atoms with Crippen LogP contribution >= 0.6 is 0 Å². The Kier molecular flexibility index (Phi) is 4.56. The highest BCUT2D eigenvalue weighted by Crippen LogP contribution is 2.13. The number of carbonyl (C=O) groups excluding carboxylic acids is 1. The van der Waals surface area contributed by atoms with Gasteiger partial charge in [-0.05, 0) is 33.7 Å². The van der Waals surface area contributed by atoms with Crippen LogP contribution in [-0.2, 0) is 9.47 Å². The lowest BCUT2D eigenvalue weighted by atomic mass is 10.2. The van der Waals surface area contributed by atoms with Gasteiger partial charge in [0.2, 0.25) is 0 Å². The molecule has 0 bridgehead atoms. The largest absolute Gasteiger partial charge is 0.444 e. The predicted octanol–water partition coefficient (Wildman–Crippen LogP) is 0.971. The maximum Gasteiger partial charge on any atom is 0.410 e. The quantitative estimate of drug-likeness (QED) is 0.767. The zero-order valence-corrected chi connectivity index (χ0v) is 10.4. The Morgan fingerprint density at radius 1 is 1.56 bits per heavy atom. The minimum atomic E-state index is -0.446. The van der Waals surface area contributed by atoms with Gasteiger partial charge in [-0.15, -0.1) is 0 Å². The Labute approximate surface area is 96.9 Å². The maximum absolute atomic E-state index is 11.8. The van der Waals surface area contributed by atoms with Crippen molar-refractivity contribution in [1.82, 2.24) is 4.90 Å². The van der Waals surface area contributed by atoms with E-state index in [0.29, 0.717) is 26.2 Å². The number of amides is 1. The lowest BCUT2D eigenvalue weighted by Crippen LogP contribution is -2.47. The van der Waals surface area contributed by atoms with Crippen molar-refractivity contribution in [2.45, 2.75) is 38.9 Å². The molecule has 0 radical (unpaired) electrons. The molecule has 2 N–H and O–H groups in total. The third-order valence-electron chi connectivity index (χ3n) is 2.28. The maximum atomic E-state index is 11.8. The summed E-state index contributed by atoms with van der Waals surface area (Å²) in [4.78, 5) is 13.5. The first-order chi connectivity index (χ1) is 7.42. The normalized spacial score (nSPS) is 22.0. The molecule has 16 heavy (non-hydrogen) atoms. The van der Waals surface area contributed by atoms with Crippen LogP contribution in [0.5, 0.6) is 0 Å². The molecule has 0 aromatic rings. The summed E-state index contributed by atoms with van der Waals surface area (Å²) in [6.07, 6.45) is 0.559. The summed E-state index contributed by atoms with van der Waals surface area (Å²) in [6, 6.07) is 0. The summed E-state index contributed by atoms with van der Waals surface area (Å²) in [5.41, 5.74) is 5.02. The number of morpholine rings is 1. The topological polar surface area (TPSA) is 64.8 Å². The van der Waals surface area contributed by atoms with Crippen molar-refractivity contribution >= 4 is 6.09 Å². The summed E-state index contributed by atoms with van der Waals surface area (Å²) in [5.74, 6) is 0. The molecular formula is C11H22N2O3. The molecule has 5 heteroatoms. The molecule has 0 spiro atoms. The number of nitrogens with zero attached hydrogens (tertiary/aromatic N) is 1. The smallest absolute Gasteiger partial charge is 0.410 e. The van der Waals surface area contributed by atoms with Crippen LogP contribution in [0.15, 0.2) is 0 Å². The molecule has 94 valence electrons. The number of nitrogens with two attached hydrogens (primary N) is 1. The van der Waals surface area contributed by atoms with E-state index < -0.39 is 5.60 Å². The fourth-order valence-corrected chi connectivity index (χ4v) is 1.57. The molecule has 0 unspecified atom stereocenters. The van der Waals surface area contributed by atoms with Gasteiger partial charge >= 0.3 is 6.09 Å². The summed E-state index contributed by atoms with van der Waals surface area (Å²) >= 11 is 0. The second-order valence-electron chi connectivity index (χ2n) is 5.00. The van der Waals surface area contributed by atoms with E-state index >= 15 is 0 Å². The molecule has 0 aromatic carbocycles. The lowest BCUT2D eigenvalue weighted by Gasteiger charge is -2.34. The summed E-state index contributed by atoms with van der Waals surface area (Å²) < 4.78 is 10.8. The SMILES string of the molecule is CC(C)(C)OC(=O)N1CCO[C@@H](CCN)C1. The van der Waals surface area contributed by atoms with Crippen LogP contribution in [-0.4, -0.2) is 48.9 Å². The van der Waals surface area contributed by atoms with Gasteiger partial charge in [0, 0.05) is 6.54 Å². The number of carbonyl (C=O) groups is 1. The second kappa shape index (κ2) is 5.50. The number of ether oxygens (including phenoxy) is 2. The van der Waals surface area contributed by atoms with Crippen LogP contribution in [0.3, 0.4) is 0 Å². The Hall–Kier alpha value is -0.810. The van der Waals surface area contributed by atoms with Crippen molar-refractivity contribution in [1.29, 1.82) is 0 Å². The van der Waals surface area contributed by atoms with Gasteiger partial charge in [-0.25, -0.2) is 4.79 Å². The average molecular weight is 230 g/mol. The van der Waals surface area contributed by atoms with E-state index in [9.17, 15) is 4.79 Å². The third-order valence-corrected chi connectivity index (χ3v) is 2.28. The molecule has 1 aliphatic heterocycles. The van der Waals surface area contributed by atoms with Crippen molar-refractivity contribution in [2.75, 3.05) is 26.2 Å². The van der Waals surface area contributed by atoms with Gasteiger partial charge in [-0.3, -0.25) is 0 Å². The summed E-state index contributed by atoms with van der Waals surface area (Å²) in [7, 11) is 0. The van der Waals surface area contributed by atoms with Gasteiger partial charge < -0.3 is 20.1 Å². The van der Waals surface area contributed by atoms with Gasteiger partial charge in [0.15, 0.2) is 0 Å². The van der Waals surface area contributed by atoms with Crippen molar-refractivity contribution in [3.63, 3.8) is 0 Å². The molecular weight excluding hydrogens is 208 g/mol. The van der Waals surface area contributed by atoms with Crippen molar-refractivity contribution in [2.24, 2.45) is 5.73 Å². The molecule has 1 saturated heterocycles. The fourth-order valence-electron chi connectivity index (χ4n) is 1.57.